The van der Waals surface area contributed by atoms with Gasteiger partial charge in [-0.05, 0) is 26.2 Å². The van der Waals surface area contributed by atoms with Gasteiger partial charge in [0.05, 0.1) is 12.1 Å². The second-order valence-electron chi connectivity index (χ2n) is 7.59. The number of hydrogen-bond acceptors (Lipinski definition) is 9. The van der Waals surface area contributed by atoms with Gasteiger partial charge in [-0.15, -0.1) is 0 Å². The van der Waals surface area contributed by atoms with E-state index in [0.29, 0.717) is 0 Å². The van der Waals surface area contributed by atoms with Gasteiger partial charge in [0, 0.05) is 19.3 Å². The van der Waals surface area contributed by atoms with E-state index in [9.17, 15) is 38.7 Å². The zero-order chi connectivity index (χ0) is 27.3. The molecule has 0 aliphatic rings. The van der Waals surface area contributed by atoms with Crippen molar-refractivity contribution in [3.05, 3.63) is 0 Å². The van der Waals surface area contributed by atoms with Crippen LogP contribution in [0.5, 0.6) is 0 Å². The van der Waals surface area contributed by atoms with E-state index in [0.717, 1.165) is 6.92 Å². The Balaban J connectivity index is 5.61. The molecule has 0 heterocycles. The topological polar surface area (TPSA) is 283 Å². The molecule has 0 spiro atoms. The Labute approximate surface area is 198 Å². The van der Waals surface area contributed by atoms with Gasteiger partial charge in [-0.1, -0.05) is 0 Å². The summed E-state index contributed by atoms with van der Waals surface area (Å²) in [6, 6.07) is -6.30. The van der Waals surface area contributed by atoms with Crippen molar-refractivity contribution >= 4 is 41.6 Å². The summed E-state index contributed by atoms with van der Waals surface area (Å²) >= 11 is 0. The van der Waals surface area contributed by atoms with Crippen LogP contribution in [0.25, 0.3) is 0 Å². The number of rotatable bonds is 17. The maximum absolute atomic E-state index is 12.7. The van der Waals surface area contributed by atoms with Crippen molar-refractivity contribution in [3.63, 3.8) is 0 Å². The number of aliphatic hydroxyl groups is 1. The van der Waals surface area contributed by atoms with Crippen LogP contribution in [0.15, 0.2) is 0 Å². The number of carbonyl (C=O) groups excluding carboxylic acids is 3. The largest absolute Gasteiger partial charge is 0.481 e. The molecular formula is C19H30N4O12. The van der Waals surface area contributed by atoms with Crippen LogP contribution < -0.4 is 21.7 Å². The maximum atomic E-state index is 12.7. The smallest absolute Gasteiger partial charge is 0.328 e. The van der Waals surface area contributed by atoms with E-state index in [1.54, 1.807) is 0 Å². The van der Waals surface area contributed by atoms with E-state index < -0.39 is 104 Å². The predicted molar refractivity (Wildman–Crippen MR) is 114 cm³/mol. The minimum atomic E-state index is -1.78. The van der Waals surface area contributed by atoms with Crippen LogP contribution in [-0.2, 0) is 33.6 Å². The second kappa shape index (κ2) is 15.2. The molecule has 0 saturated carbocycles. The van der Waals surface area contributed by atoms with Crippen LogP contribution in [0.3, 0.4) is 0 Å². The first-order valence-corrected chi connectivity index (χ1v) is 10.4. The number of carboxylic acid groups (broad SMARTS) is 4. The van der Waals surface area contributed by atoms with Crippen LogP contribution in [0.1, 0.15) is 45.4 Å². The van der Waals surface area contributed by atoms with Crippen molar-refractivity contribution in [2.24, 2.45) is 5.73 Å². The zero-order valence-corrected chi connectivity index (χ0v) is 18.8. The van der Waals surface area contributed by atoms with Crippen molar-refractivity contribution in [2.45, 2.75) is 75.7 Å². The number of hydrogen-bond donors (Lipinski definition) is 9. The fourth-order valence-electron chi connectivity index (χ4n) is 2.68. The van der Waals surface area contributed by atoms with Gasteiger partial charge >= 0.3 is 23.9 Å². The molecule has 0 aliphatic carbocycles. The standard InChI is InChI=1S/C19H30N4O12/c1-8(24)15(19(34)35)23-18(33)11(4-7-14(29)30)22-17(32)10(3-6-13(27)28)21-16(31)9(20)2-5-12(25)26/h8-11,15,24H,2-7,20H2,1H3,(H,21,31)(H,22,32)(H,23,33)(H,25,26)(H,27,28)(H,29,30)(H,34,35)/t8-,9+,10+,11+,15+/m1/s1. The lowest BCUT2D eigenvalue weighted by molar-refractivity contribution is -0.145. The van der Waals surface area contributed by atoms with Gasteiger partial charge in [-0.25, -0.2) is 4.79 Å². The number of amides is 3. The molecule has 0 rings (SSSR count). The molecule has 5 atom stereocenters. The van der Waals surface area contributed by atoms with Crippen molar-refractivity contribution in [3.8, 4) is 0 Å². The van der Waals surface area contributed by atoms with Crippen molar-refractivity contribution in [2.75, 3.05) is 0 Å². The molecule has 0 aromatic rings. The number of carboxylic acids is 4. The summed E-state index contributed by atoms with van der Waals surface area (Å²) in [5.41, 5.74) is 5.58. The molecule has 0 radical (unpaired) electrons. The zero-order valence-electron chi connectivity index (χ0n) is 18.8. The van der Waals surface area contributed by atoms with Gasteiger partial charge in [-0.2, -0.15) is 0 Å². The van der Waals surface area contributed by atoms with Crippen LogP contribution in [0, 0.1) is 0 Å². The third kappa shape index (κ3) is 12.9. The van der Waals surface area contributed by atoms with Crippen LogP contribution in [-0.4, -0.2) is 97.4 Å². The molecule has 0 aromatic carbocycles. The van der Waals surface area contributed by atoms with Crippen molar-refractivity contribution < 1.29 is 59.1 Å². The SMILES string of the molecule is C[C@@H](O)[C@H](NC(=O)[C@H](CCC(=O)O)NC(=O)[C@H](CCC(=O)O)NC(=O)[C@@H](N)CCC(=O)O)C(=O)O. The Morgan fingerprint density at radius 3 is 1.40 bits per heavy atom. The molecule has 0 aromatic heterocycles. The highest BCUT2D eigenvalue weighted by atomic mass is 16.4. The van der Waals surface area contributed by atoms with Crippen LogP contribution >= 0.6 is 0 Å². The molecule has 16 heteroatoms. The summed E-state index contributed by atoms with van der Waals surface area (Å²) in [6.45, 7) is 1.08. The monoisotopic (exact) mass is 506 g/mol. The highest BCUT2D eigenvalue weighted by Gasteiger charge is 2.32. The summed E-state index contributed by atoms with van der Waals surface area (Å²) in [6.07, 6.45) is -4.47. The molecule has 0 bridgehead atoms. The minimum absolute atomic E-state index is 0.284. The Hall–Kier alpha value is -3.79. The van der Waals surface area contributed by atoms with E-state index in [1.165, 1.54) is 0 Å². The summed E-state index contributed by atoms with van der Waals surface area (Å²) < 4.78 is 0. The maximum Gasteiger partial charge on any atom is 0.328 e. The third-order valence-corrected chi connectivity index (χ3v) is 4.61. The number of aliphatic hydroxyl groups excluding tert-OH is 1. The second-order valence-corrected chi connectivity index (χ2v) is 7.59. The van der Waals surface area contributed by atoms with E-state index in [2.05, 4.69) is 10.6 Å². The molecule has 3 amide bonds. The summed E-state index contributed by atoms with van der Waals surface area (Å²) in [5, 5.41) is 51.4. The van der Waals surface area contributed by atoms with E-state index >= 15 is 0 Å². The fourth-order valence-corrected chi connectivity index (χ4v) is 2.68. The molecule has 35 heavy (non-hydrogen) atoms. The van der Waals surface area contributed by atoms with E-state index in [-0.39, 0.29) is 6.42 Å². The van der Waals surface area contributed by atoms with E-state index in [4.69, 9.17) is 26.2 Å². The number of nitrogens with one attached hydrogen (secondary N) is 3. The molecule has 10 N–H and O–H groups in total. The first-order valence-electron chi connectivity index (χ1n) is 10.4. The van der Waals surface area contributed by atoms with E-state index in [1.807, 2.05) is 5.32 Å². The Kier molecular flexibility index (Phi) is 13.5. The lowest BCUT2D eigenvalue weighted by Crippen LogP contribution is -2.58. The third-order valence-electron chi connectivity index (χ3n) is 4.61. The summed E-state index contributed by atoms with van der Waals surface area (Å²) in [7, 11) is 0. The number of nitrogens with two attached hydrogens (primary N) is 1. The first-order chi connectivity index (χ1) is 16.1. The number of aliphatic carboxylic acids is 4. The van der Waals surface area contributed by atoms with Crippen molar-refractivity contribution in [1.82, 2.24) is 16.0 Å². The fraction of sp³-hybridized carbons (Fsp3) is 0.632. The lowest BCUT2D eigenvalue weighted by atomic mass is 10.1. The lowest BCUT2D eigenvalue weighted by Gasteiger charge is -2.25. The Morgan fingerprint density at radius 1 is 0.657 bits per heavy atom. The molecule has 0 saturated heterocycles. The number of carbonyl (C=O) groups is 7. The molecule has 198 valence electrons. The van der Waals surface area contributed by atoms with Crippen LogP contribution in [0.4, 0.5) is 0 Å². The van der Waals surface area contributed by atoms with Gasteiger partial charge in [-0.3, -0.25) is 28.8 Å². The highest BCUT2D eigenvalue weighted by molar-refractivity contribution is 5.94. The van der Waals surface area contributed by atoms with Gasteiger partial charge in [0.25, 0.3) is 0 Å². The molecule has 16 nitrogen and oxygen atoms in total. The van der Waals surface area contributed by atoms with Gasteiger partial charge < -0.3 is 47.2 Å². The van der Waals surface area contributed by atoms with Gasteiger partial charge in [0.1, 0.15) is 12.1 Å². The Bertz CT molecular complexity index is 816. The average Bonchev–Trinajstić information content (AvgIpc) is 2.74. The molecular weight excluding hydrogens is 476 g/mol. The Morgan fingerprint density at radius 2 is 1.03 bits per heavy atom. The molecule has 0 fully saturated rings. The highest BCUT2D eigenvalue weighted by Crippen LogP contribution is 2.06. The quantitative estimate of drug-likeness (QED) is 0.0942. The van der Waals surface area contributed by atoms with Gasteiger partial charge in [0.15, 0.2) is 6.04 Å². The average molecular weight is 506 g/mol. The van der Waals surface area contributed by atoms with Crippen molar-refractivity contribution in [1.29, 1.82) is 0 Å². The predicted octanol–water partition coefficient (Wildman–Crippen LogP) is -3.17. The first kappa shape index (κ1) is 31.2. The molecule has 0 unspecified atom stereocenters. The summed E-state index contributed by atoms with van der Waals surface area (Å²) in [5.74, 6) is -8.70. The normalized spacial score (nSPS) is 14.9. The minimum Gasteiger partial charge on any atom is -0.481 e. The van der Waals surface area contributed by atoms with Gasteiger partial charge in [0.2, 0.25) is 17.7 Å². The summed E-state index contributed by atoms with van der Waals surface area (Å²) in [4.78, 5) is 81.2. The van der Waals surface area contributed by atoms with Crippen LogP contribution in [0.2, 0.25) is 0 Å². The molecule has 0 aliphatic heterocycles.